The topological polar surface area (TPSA) is 69.6 Å². The standard InChI is InChI=1S/C8H18N2O3S/c1-9-14(12,13)10-5-2-3-8(7-11)4-6-10/h8-9,11H,2-7H2,1H3. The Balaban J connectivity index is 2.58. The number of rotatable bonds is 3. The molecular formula is C8H18N2O3S. The van der Waals surface area contributed by atoms with Crippen molar-refractivity contribution in [2.45, 2.75) is 19.3 Å². The first-order valence-electron chi connectivity index (χ1n) is 4.89. The molecule has 1 saturated heterocycles. The number of hydrogen-bond acceptors (Lipinski definition) is 3. The lowest BCUT2D eigenvalue weighted by Gasteiger charge is -2.18. The van der Waals surface area contributed by atoms with Crippen LogP contribution in [0.2, 0.25) is 0 Å². The van der Waals surface area contributed by atoms with E-state index in [4.69, 9.17) is 5.11 Å². The largest absolute Gasteiger partial charge is 0.396 e. The van der Waals surface area contributed by atoms with E-state index in [0.717, 1.165) is 19.3 Å². The molecule has 6 heteroatoms. The molecule has 1 heterocycles. The van der Waals surface area contributed by atoms with Gasteiger partial charge in [-0.05, 0) is 25.2 Å². The summed E-state index contributed by atoms with van der Waals surface area (Å²) in [6, 6.07) is 0. The molecule has 2 N–H and O–H groups in total. The monoisotopic (exact) mass is 222 g/mol. The lowest BCUT2D eigenvalue weighted by molar-refractivity contribution is 0.213. The van der Waals surface area contributed by atoms with Gasteiger partial charge in [0, 0.05) is 26.7 Å². The van der Waals surface area contributed by atoms with Crippen molar-refractivity contribution in [3.05, 3.63) is 0 Å². The van der Waals surface area contributed by atoms with Gasteiger partial charge in [-0.1, -0.05) is 0 Å². The third kappa shape index (κ3) is 2.91. The van der Waals surface area contributed by atoms with Gasteiger partial charge in [-0.2, -0.15) is 12.7 Å². The number of nitrogens with zero attached hydrogens (tertiary/aromatic N) is 1. The Labute approximate surface area is 85.3 Å². The molecule has 0 aliphatic carbocycles. The van der Waals surface area contributed by atoms with Gasteiger partial charge in [0.25, 0.3) is 10.2 Å². The minimum Gasteiger partial charge on any atom is -0.396 e. The average molecular weight is 222 g/mol. The van der Waals surface area contributed by atoms with Crippen molar-refractivity contribution in [1.29, 1.82) is 0 Å². The maximum Gasteiger partial charge on any atom is 0.279 e. The van der Waals surface area contributed by atoms with Crippen LogP contribution < -0.4 is 4.72 Å². The summed E-state index contributed by atoms with van der Waals surface area (Å²) in [4.78, 5) is 0. The molecule has 1 fully saturated rings. The minimum absolute atomic E-state index is 0.160. The maximum atomic E-state index is 11.5. The highest BCUT2D eigenvalue weighted by molar-refractivity contribution is 7.87. The molecule has 0 spiro atoms. The van der Waals surface area contributed by atoms with Crippen LogP contribution in [0.1, 0.15) is 19.3 Å². The number of nitrogens with one attached hydrogen (secondary N) is 1. The van der Waals surface area contributed by atoms with E-state index in [1.807, 2.05) is 0 Å². The van der Waals surface area contributed by atoms with Crippen molar-refractivity contribution in [3.8, 4) is 0 Å². The minimum atomic E-state index is -3.27. The molecule has 0 saturated carbocycles. The Kier molecular flexibility index (Phi) is 4.31. The molecule has 0 bridgehead atoms. The van der Waals surface area contributed by atoms with Crippen LogP contribution in [0, 0.1) is 5.92 Å². The van der Waals surface area contributed by atoms with E-state index in [1.165, 1.54) is 11.4 Å². The van der Waals surface area contributed by atoms with Gasteiger partial charge in [0.1, 0.15) is 0 Å². The van der Waals surface area contributed by atoms with E-state index < -0.39 is 10.2 Å². The van der Waals surface area contributed by atoms with Crippen LogP contribution in [-0.4, -0.2) is 44.6 Å². The molecule has 0 radical (unpaired) electrons. The van der Waals surface area contributed by atoms with Gasteiger partial charge in [0.2, 0.25) is 0 Å². The second-order valence-corrected chi connectivity index (χ2v) is 5.46. The summed E-state index contributed by atoms with van der Waals surface area (Å²) in [5, 5.41) is 8.98. The third-order valence-electron chi connectivity index (χ3n) is 2.66. The Morgan fingerprint density at radius 2 is 2.14 bits per heavy atom. The van der Waals surface area contributed by atoms with Crippen molar-refractivity contribution in [1.82, 2.24) is 9.03 Å². The van der Waals surface area contributed by atoms with Gasteiger partial charge >= 0.3 is 0 Å². The van der Waals surface area contributed by atoms with E-state index in [9.17, 15) is 8.42 Å². The highest BCUT2D eigenvalue weighted by Gasteiger charge is 2.24. The van der Waals surface area contributed by atoms with Crippen molar-refractivity contribution in [2.24, 2.45) is 5.92 Å². The Bertz CT molecular complexity index is 266. The summed E-state index contributed by atoms with van der Waals surface area (Å²) in [5.74, 6) is 0.257. The van der Waals surface area contributed by atoms with E-state index in [1.54, 1.807) is 0 Å². The maximum absolute atomic E-state index is 11.5. The second-order valence-electron chi connectivity index (χ2n) is 3.59. The molecule has 1 unspecified atom stereocenters. The quantitative estimate of drug-likeness (QED) is 0.679. The van der Waals surface area contributed by atoms with Crippen LogP contribution in [0.4, 0.5) is 0 Å². The zero-order valence-corrected chi connectivity index (χ0v) is 9.26. The van der Waals surface area contributed by atoms with Crippen LogP contribution in [0.5, 0.6) is 0 Å². The number of aliphatic hydroxyl groups excluding tert-OH is 1. The third-order valence-corrected chi connectivity index (χ3v) is 4.22. The Morgan fingerprint density at radius 3 is 2.71 bits per heavy atom. The van der Waals surface area contributed by atoms with Gasteiger partial charge < -0.3 is 5.11 Å². The fourth-order valence-electron chi connectivity index (χ4n) is 1.69. The molecule has 0 aromatic heterocycles. The number of hydrogen-bond donors (Lipinski definition) is 2. The van der Waals surface area contributed by atoms with Crippen molar-refractivity contribution < 1.29 is 13.5 Å². The van der Waals surface area contributed by atoms with Gasteiger partial charge in [-0.15, -0.1) is 0 Å². The summed E-state index contributed by atoms with van der Waals surface area (Å²) < 4.78 is 26.7. The first-order valence-corrected chi connectivity index (χ1v) is 6.33. The molecule has 0 amide bonds. The molecule has 0 aromatic carbocycles. The molecule has 1 rings (SSSR count). The van der Waals surface area contributed by atoms with Crippen LogP contribution in [0.15, 0.2) is 0 Å². The van der Waals surface area contributed by atoms with Crippen LogP contribution >= 0.6 is 0 Å². The Morgan fingerprint density at radius 1 is 1.43 bits per heavy atom. The van der Waals surface area contributed by atoms with Crippen molar-refractivity contribution >= 4 is 10.2 Å². The van der Waals surface area contributed by atoms with E-state index in [2.05, 4.69) is 4.72 Å². The molecule has 1 aliphatic rings. The van der Waals surface area contributed by atoms with Gasteiger partial charge in [-0.25, -0.2) is 4.72 Å². The normalized spacial score (nSPS) is 26.0. The van der Waals surface area contributed by atoms with Crippen molar-refractivity contribution in [2.75, 3.05) is 26.7 Å². The molecule has 84 valence electrons. The van der Waals surface area contributed by atoms with Crippen LogP contribution in [0.25, 0.3) is 0 Å². The van der Waals surface area contributed by atoms with E-state index in [-0.39, 0.29) is 12.5 Å². The first-order chi connectivity index (χ1) is 6.60. The molecule has 1 atom stereocenters. The van der Waals surface area contributed by atoms with Crippen molar-refractivity contribution in [3.63, 3.8) is 0 Å². The fraction of sp³-hybridized carbons (Fsp3) is 1.00. The molecule has 1 aliphatic heterocycles. The summed E-state index contributed by atoms with van der Waals surface area (Å²) in [6.45, 7) is 1.22. The molecule has 14 heavy (non-hydrogen) atoms. The van der Waals surface area contributed by atoms with Crippen LogP contribution in [-0.2, 0) is 10.2 Å². The molecule has 5 nitrogen and oxygen atoms in total. The second kappa shape index (κ2) is 5.06. The first kappa shape index (κ1) is 11.9. The smallest absolute Gasteiger partial charge is 0.279 e. The summed E-state index contributed by atoms with van der Waals surface area (Å²) in [6.07, 6.45) is 2.48. The number of aliphatic hydroxyl groups is 1. The Hall–Kier alpha value is -0.170. The van der Waals surface area contributed by atoms with Crippen LogP contribution in [0.3, 0.4) is 0 Å². The summed E-state index contributed by atoms with van der Waals surface area (Å²) >= 11 is 0. The SMILES string of the molecule is CNS(=O)(=O)N1CCCC(CO)CC1. The lowest BCUT2D eigenvalue weighted by Crippen LogP contribution is -2.39. The fourth-order valence-corrected chi connectivity index (χ4v) is 2.66. The van der Waals surface area contributed by atoms with Gasteiger partial charge in [-0.3, -0.25) is 0 Å². The van der Waals surface area contributed by atoms with Gasteiger partial charge in [0.05, 0.1) is 0 Å². The van der Waals surface area contributed by atoms with E-state index >= 15 is 0 Å². The molecule has 0 aromatic rings. The highest BCUT2D eigenvalue weighted by Crippen LogP contribution is 2.18. The average Bonchev–Trinajstić information content (AvgIpc) is 2.42. The molecular weight excluding hydrogens is 204 g/mol. The summed E-state index contributed by atoms with van der Waals surface area (Å²) in [7, 11) is -1.85. The zero-order valence-electron chi connectivity index (χ0n) is 8.44. The summed E-state index contributed by atoms with van der Waals surface area (Å²) in [5.41, 5.74) is 0. The zero-order chi connectivity index (χ0) is 10.6. The predicted octanol–water partition coefficient (Wildman–Crippen LogP) is -0.455. The highest BCUT2D eigenvalue weighted by atomic mass is 32.2. The lowest BCUT2D eigenvalue weighted by atomic mass is 10.0. The van der Waals surface area contributed by atoms with E-state index in [0.29, 0.717) is 13.1 Å². The van der Waals surface area contributed by atoms with Gasteiger partial charge in [0.15, 0.2) is 0 Å². The predicted molar refractivity (Wildman–Crippen MR) is 54.0 cm³/mol.